The number of halogens is 4. The summed E-state index contributed by atoms with van der Waals surface area (Å²) in [6.45, 7) is -0.960. The molecular formula is C17H13F4N3O5. The number of ether oxygens (including phenoxy) is 2. The van der Waals surface area contributed by atoms with E-state index in [2.05, 4.69) is 9.84 Å². The summed E-state index contributed by atoms with van der Waals surface area (Å²) in [5.74, 6) is -2.48. The normalized spacial score (nSPS) is 13.7. The first kappa shape index (κ1) is 20.3. The predicted octanol–water partition coefficient (Wildman–Crippen LogP) is 1.50. The number of fused-ring (bicyclic) bond motifs is 1. The van der Waals surface area contributed by atoms with E-state index in [1.807, 2.05) is 0 Å². The first-order valence-corrected chi connectivity index (χ1v) is 8.02. The average molecular weight is 415 g/mol. The lowest BCUT2D eigenvalue weighted by atomic mass is 10.1. The fourth-order valence-corrected chi connectivity index (χ4v) is 2.76. The molecule has 2 aromatic rings. The van der Waals surface area contributed by atoms with Crippen molar-refractivity contribution in [1.29, 1.82) is 0 Å². The van der Waals surface area contributed by atoms with Crippen molar-refractivity contribution in [2.45, 2.75) is 6.18 Å². The third-order valence-corrected chi connectivity index (χ3v) is 4.15. The van der Waals surface area contributed by atoms with Crippen molar-refractivity contribution < 1.29 is 36.6 Å². The van der Waals surface area contributed by atoms with Crippen molar-refractivity contribution in [2.75, 3.05) is 25.2 Å². The number of anilines is 1. The fourth-order valence-electron chi connectivity index (χ4n) is 2.76. The van der Waals surface area contributed by atoms with Crippen molar-refractivity contribution in [3.05, 3.63) is 39.9 Å². The number of methoxy groups -OCH3 is 1. The largest absolute Gasteiger partial charge is 0.481 e. The van der Waals surface area contributed by atoms with Crippen LogP contribution >= 0.6 is 0 Å². The topological polar surface area (TPSA) is 90.7 Å². The number of benzene rings is 1. The molecule has 0 unspecified atom stereocenters. The molecule has 1 aliphatic heterocycles. The second kappa shape index (κ2) is 7.18. The molecular weight excluding hydrogens is 402 g/mol. The van der Waals surface area contributed by atoms with Crippen LogP contribution < -0.4 is 15.1 Å². The van der Waals surface area contributed by atoms with Crippen molar-refractivity contribution >= 4 is 17.6 Å². The van der Waals surface area contributed by atoms with Crippen LogP contribution in [0.2, 0.25) is 0 Å². The molecule has 0 fully saturated rings. The minimum Gasteiger partial charge on any atom is -0.481 e. The van der Waals surface area contributed by atoms with Crippen LogP contribution in [0.15, 0.2) is 23.0 Å². The van der Waals surface area contributed by atoms with Crippen LogP contribution in [0.5, 0.6) is 5.75 Å². The van der Waals surface area contributed by atoms with E-state index < -0.39 is 59.4 Å². The molecule has 29 heavy (non-hydrogen) atoms. The molecule has 1 aliphatic rings. The number of nitrogens with zero attached hydrogens (tertiary/aromatic N) is 3. The molecule has 2 heterocycles. The Morgan fingerprint density at radius 1 is 1.28 bits per heavy atom. The molecule has 12 heteroatoms. The van der Waals surface area contributed by atoms with Gasteiger partial charge in [-0.2, -0.15) is 18.3 Å². The second-order valence-corrected chi connectivity index (χ2v) is 6.01. The molecule has 0 saturated heterocycles. The summed E-state index contributed by atoms with van der Waals surface area (Å²) in [6.07, 6.45) is -4.83. The zero-order valence-electron chi connectivity index (χ0n) is 15.0. The number of aromatic nitrogens is 2. The van der Waals surface area contributed by atoms with Gasteiger partial charge < -0.3 is 9.47 Å². The summed E-state index contributed by atoms with van der Waals surface area (Å²) in [6, 6.07) is 2.18. The van der Waals surface area contributed by atoms with Crippen LogP contribution in [0.4, 0.5) is 23.2 Å². The van der Waals surface area contributed by atoms with Gasteiger partial charge in [0, 0.05) is 24.7 Å². The van der Waals surface area contributed by atoms with Crippen LogP contribution in [0, 0.1) is 5.82 Å². The Morgan fingerprint density at radius 2 is 1.97 bits per heavy atom. The molecule has 0 bridgehead atoms. The SMILES string of the molecule is COC(=O)CN1C(=O)COc2cc(F)c(-c3nn(C)c(C(F)(F)F)cc3=O)cc21. The molecule has 3 rings (SSSR count). The maximum absolute atomic E-state index is 14.6. The molecule has 0 aliphatic carbocycles. The summed E-state index contributed by atoms with van der Waals surface area (Å²) in [7, 11) is 2.07. The number of aryl methyl sites for hydroxylation is 1. The first-order valence-electron chi connectivity index (χ1n) is 8.02. The summed E-state index contributed by atoms with van der Waals surface area (Å²) < 4.78 is 63.4. The standard InChI is InChI=1S/C17H13F4N3O5/c1-23-13(17(19,20)21)5-11(25)16(22-23)8-3-10-12(4-9(8)18)29-7-14(26)24(10)6-15(27)28-2/h3-5H,6-7H2,1-2H3. The minimum atomic E-state index is -4.83. The highest BCUT2D eigenvalue weighted by atomic mass is 19.4. The molecule has 8 nitrogen and oxygen atoms in total. The summed E-state index contributed by atoms with van der Waals surface area (Å²) in [4.78, 5) is 36.9. The fraction of sp³-hybridized carbons (Fsp3) is 0.294. The van der Waals surface area contributed by atoms with Crippen LogP contribution in [-0.2, 0) is 27.5 Å². The Balaban J connectivity index is 2.16. The van der Waals surface area contributed by atoms with Crippen LogP contribution in [0.3, 0.4) is 0 Å². The lowest BCUT2D eigenvalue weighted by Crippen LogP contribution is -2.42. The van der Waals surface area contributed by atoms with E-state index in [1.54, 1.807) is 0 Å². The zero-order chi connectivity index (χ0) is 21.5. The quantitative estimate of drug-likeness (QED) is 0.558. The third-order valence-electron chi connectivity index (χ3n) is 4.15. The molecule has 1 amide bonds. The maximum Gasteiger partial charge on any atom is 0.433 e. The number of carbonyl (C=O) groups is 2. The van der Waals surface area contributed by atoms with Crippen LogP contribution in [0.25, 0.3) is 11.3 Å². The maximum atomic E-state index is 14.6. The van der Waals surface area contributed by atoms with E-state index >= 15 is 0 Å². The highest BCUT2D eigenvalue weighted by molar-refractivity contribution is 6.02. The van der Waals surface area contributed by atoms with Gasteiger partial charge in [-0.05, 0) is 6.07 Å². The predicted molar refractivity (Wildman–Crippen MR) is 89.7 cm³/mol. The monoisotopic (exact) mass is 415 g/mol. The Hall–Kier alpha value is -3.44. The Morgan fingerprint density at radius 3 is 2.59 bits per heavy atom. The van der Waals surface area contributed by atoms with Crippen molar-refractivity contribution in [1.82, 2.24) is 9.78 Å². The van der Waals surface area contributed by atoms with Gasteiger partial charge in [0.05, 0.1) is 12.8 Å². The number of hydrogen-bond donors (Lipinski definition) is 0. The van der Waals surface area contributed by atoms with Gasteiger partial charge in [0.15, 0.2) is 6.61 Å². The van der Waals surface area contributed by atoms with E-state index in [1.165, 1.54) is 0 Å². The molecule has 0 atom stereocenters. The summed E-state index contributed by atoms with van der Waals surface area (Å²) in [5, 5.41) is 3.55. The third kappa shape index (κ3) is 3.77. The summed E-state index contributed by atoms with van der Waals surface area (Å²) in [5.41, 5.74) is -3.58. The van der Waals surface area contributed by atoms with Crippen molar-refractivity contribution in [2.24, 2.45) is 7.05 Å². The van der Waals surface area contributed by atoms with Gasteiger partial charge in [-0.15, -0.1) is 0 Å². The number of alkyl halides is 3. The zero-order valence-corrected chi connectivity index (χ0v) is 15.0. The molecule has 0 radical (unpaired) electrons. The summed E-state index contributed by atoms with van der Waals surface area (Å²) >= 11 is 0. The van der Waals surface area contributed by atoms with Gasteiger partial charge in [-0.25, -0.2) is 4.39 Å². The lowest BCUT2D eigenvalue weighted by molar-refractivity contribution is -0.144. The van der Waals surface area contributed by atoms with Gasteiger partial charge in [0.1, 0.15) is 29.5 Å². The second-order valence-electron chi connectivity index (χ2n) is 6.01. The molecule has 0 saturated carbocycles. The number of hydrogen-bond acceptors (Lipinski definition) is 6. The van der Waals surface area contributed by atoms with Crippen LogP contribution in [-0.4, -0.2) is 41.9 Å². The molecule has 0 N–H and O–H groups in total. The highest BCUT2D eigenvalue weighted by Gasteiger charge is 2.35. The Kier molecular flexibility index (Phi) is 5.03. The van der Waals surface area contributed by atoms with Gasteiger partial charge in [0.25, 0.3) is 5.91 Å². The van der Waals surface area contributed by atoms with Gasteiger partial charge in [-0.1, -0.05) is 0 Å². The lowest BCUT2D eigenvalue weighted by Gasteiger charge is -2.29. The Bertz CT molecular complexity index is 1060. The van der Waals surface area contributed by atoms with Crippen molar-refractivity contribution in [3.8, 4) is 17.0 Å². The molecule has 0 spiro atoms. The molecule has 1 aromatic heterocycles. The van der Waals surface area contributed by atoms with Gasteiger partial charge in [-0.3, -0.25) is 24.0 Å². The highest BCUT2D eigenvalue weighted by Crippen LogP contribution is 2.37. The molecule has 154 valence electrons. The van der Waals surface area contributed by atoms with Crippen molar-refractivity contribution in [3.63, 3.8) is 0 Å². The number of esters is 1. The van der Waals surface area contributed by atoms with E-state index in [4.69, 9.17) is 4.74 Å². The number of amides is 1. The van der Waals surface area contributed by atoms with E-state index in [0.717, 1.165) is 31.2 Å². The number of rotatable bonds is 3. The van der Waals surface area contributed by atoms with Crippen LogP contribution in [0.1, 0.15) is 5.69 Å². The smallest absolute Gasteiger partial charge is 0.433 e. The van der Waals surface area contributed by atoms with E-state index in [9.17, 15) is 31.9 Å². The molecule has 1 aromatic carbocycles. The van der Waals surface area contributed by atoms with E-state index in [0.29, 0.717) is 10.7 Å². The van der Waals surface area contributed by atoms with Gasteiger partial charge >= 0.3 is 12.1 Å². The minimum absolute atomic E-state index is 0.0493. The first-order chi connectivity index (χ1) is 13.5. The Labute approximate surface area is 160 Å². The average Bonchev–Trinajstić information content (AvgIpc) is 2.64. The number of carbonyl (C=O) groups excluding carboxylic acids is 2. The van der Waals surface area contributed by atoms with Gasteiger partial charge in [0.2, 0.25) is 5.43 Å². The van der Waals surface area contributed by atoms with E-state index in [-0.39, 0.29) is 11.4 Å².